The van der Waals surface area contributed by atoms with Crippen LogP contribution in [0.4, 0.5) is 0 Å². The molecule has 0 bridgehead atoms. The summed E-state index contributed by atoms with van der Waals surface area (Å²) >= 11 is 0. The maximum Gasteiger partial charge on any atom is 0.251 e. The van der Waals surface area contributed by atoms with Gasteiger partial charge >= 0.3 is 0 Å². The lowest BCUT2D eigenvalue weighted by Gasteiger charge is -2.30. The lowest BCUT2D eigenvalue weighted by molar-refractivity contribution is 0.0872. The van der Waals surface area contributed by atoms with Crippen LogP contribution in [0.25, 0.3) is 0 Å². The lowest BCUT2D eigenvalue weighted by Crippen LogP contribution is -2.43. The molecule has 0 spiro atoms. The minimum absolute atomic E-state index is 0.00128. The number of benzene rings is 1. The van der Waals surface area contributed by atoms with Gasteiger partial charge in [0, 0.05) is 30.7 Å². The van der Waals surface area contributed by atoms with Crippen LogP contribution in [-0.4, -0.2) is 41.7 Å². The van der Waals surface area contributed by atoms with Crippen molar-refractivity contribution in [1.29, 1.82) is 0 Å². The van der Waals surface area contributed by atoms with Gasteiger partial charge in [-0.05, 0) is 56.5 Å². The Morgan fingerprint density at radius 3 is 2.74 bits per heavy atom. The predicted octanol–water partition coefficient (Wildman–Crippen LogP) is 2.56. The van der Waals surface area contributed by atoms with E-state index in [1.54, 1.807) is 0 Å². The topological polar surface area (TPSA) is 52.6 Å². The number of nitrogens with one attached hydrogen (secondary N) is 1. The van der Waals surface area contributed by atoms with Gasteiger partial charge in [-0.2, -0.15) is 0 Å². The van der Waals surface area contributed by atoms with Crippen molar-refractivity contribution in [2.75, 3.05) is 19.7 Å². The smallest absolute Gasteiger partial charge is 0.251 e. The van der Waals surface area contributed by atoms with Gasteiger partial charge in [-0.15, -0.1) is 0 Å². The number of amides is 1. The van der Waals surface area contributed by atoms with Gasteiger partial charge in [0.25, 0.3) is 5.91 Å². The molecule has 1 aromatic carbocycles. The second-order valence-electron chi connectivity index (χ2n) is 6.99. The van der Waals surface area contributed by atoms with E-state index in [1.165, 1.54) is 18.4 Å². The predicted molar refractivity (Wildman–Crippen MR) is 91.3 cm³/mol. The summed E-state index contributed by atoms with van der Waals surface area (Å²) in [4.78, 5) is 15.0. The number of carbonyl (C=O) groups is 1. The quantitative estimate of drug-likeness (QED) is 0.878. The molecule has 2 fully saturated rings. The highest BCUT2D eigenvalue weighted by molar-refractivity contribution is 5.94. The van der Waals surface area contributed by atoms with Gasteiger partial charge in [0.15, 0.2) is 0 Å². The van der Waals surface area contributed by atoms with Crippen molar-refractivity contribution in [1.82, 2.24) is 10.2 Å². The zero-order chi connectivity index (χ0) is 16.1. The number of likely N-dealkylation sites (tertiary alicyclic amines) is 1. The number of carbonyl (C=O) groups excluding carboxylic acids is 1. The highest BCUT2D eigenvalue weighted by Crippen LogP contribution is 2.24. The summed E-state index contributed by atoms with van der Waals surface area (Å²) in [5.74, 6) is 0.208. The van der Waals surface area contributed by atoms with Crippen LogP contribution < -0.4 is 5.32 Å². The van der Waals surface area contributed by atoms with E-state index < -0.39 is 0 Å². The average molecular weight is 316 g/mol. The molecule has 0 aromatic heterocycles. The Labute approximate surface area is 138 Å². The van der Waals surface area contributed by atoms with E-state index in [9.17, 15) is 9.90 Å². The molecule has 2 unspecified atom stereocenters. The molecule has 2 atom stereocenters. The van der Waals surface area contributed by atoms with Gasteiger partial charge < -0.3 is 10.4 Å². The van der Waals surface area contributed by atoms with E-state index in [0.717, 1.165) is 50.9 Å². The fourth-order valence-electron chi connectivity index (χ4n) is 3.88. The Balaban J connectivity index is 1.62. The van der Waals surface area contributed by atoms with Gasteiger partial charge in [-0.1, -0.05) is 25.0 Å². The first-order chi connectivity index (χ1) is 11.3. The molecular formula is C19H28N2O2. The zero-order valence-electron chi connectivity index (χ0n) is 13.8. The summed E-state index contributed by atoms with van der Waals surface area (Å²) in [5.41, 5.74) is 1.95. The molecule has 0 radical (unpaired) electrons. The third kappa shape index (κ3) is 4.33. The molecule has 4 nitrogen and oxygen atoms in total. The normalized spacial score (nSPS) is 25.4. The van der Waals surface area contributed by atoms with Crippen LogP contribution in [0, 0.1) is 5.92 Å². The Morgan fingerprint density at radius 2 is 1.96 bits per heavy atom. The number of aliphatic hydroxyl groups is 1. The van der Waals surface area contributed by atoms with Crippen LogP contribution in [0.2, 0.25) is 0 Å². The van der Waals surface area contributed by atoms with Crippen LogP contribution in [0.3, 0.4) is 0 Å². The van der Waals surface area contributed by atoms with Crippen LogP contribution >= 0.6 is 0 Å². The van der Waals surface area contributed by atoms with Gasteiger partial charge in [0.05, 0.1) is 0 Å². The van der Waals surface area contributed by atoms with E-state index in [-0.39, 0.29) is 24.5 Å². The summed E-state index contributed by atoms with van der Waals surface area (Å²) in [6.45, 7) is 3.43. The van der Waals surface area contributed by atoms with Crippen molar-refractivity contribution in [2.45, 2.75) is 51.1 Å². The van der Waals surface area contributed by atoms with Crippen LogP contribution in [-0.2, 0) is 6.54 Å². The summed E-state index contributed by atoms with van der Waals surface area (Å²) in [6.07, 6.45) is 6.84. The fraction of sp³-hybridized carbons (Fsp3) is 0.632. The first-order valence-electron chi connectivity index (χ1n) is 8.99. The van der Waals surface area contributed by atoms with Gasteiger partial charge in [0.2, 0.25) is 0 Å². The standard InChI is InChI=1S/C19H28N2O2/c22-14-17-7-1-2-9-18(17)20-19(23)16-8-5-6-15(12-16)13-21-10-3-4-11-21/h5-6,8,12,17-18,22H,1-4,7,9-11,13-14H2,(H,20,23). The van der Waals surface area contributed by atoms with Crippen molar-refractivity contribution in [3.63, 3.8) is 0 Å². The molecule has 1 aliphatic heterocycles. The van der Waals surface area contributed by atoms with E-state index in [1.807, 2.05) is 18.2 Å². The molecule has 1 amide bonds. The minimum atomic E-state index is -0.00128. The summed E-state index contributed by atoms with van der Waals surface area (Å²) in [6, 6.07) is 8.10. The molecule has 1 heterocycles. The Morgan fingerprint density at radius 1 is 1.17 bits per heavy atom. The van der Waals surface area contributed by atoms with Crippen molar-refractivity contribution in [3.8, 4) is 0 Å². The summed E-state index contributed by atoms with van der Waals surface area (Å²) < 4.78 is 0. The second-order valence-corrected chi connectivity index (χ2v) is 6.99. The molecule has 3 rings (SSSR count). The first-order valence-corrected chi connectivity index (χ1v) is 8.99. The Hall–Kier alpha value is -1.39. The van der Waals surface area contributed by atoms with Gasteiger partial charge in [-0.3, -0.25) is 9.69 Å². The first kappa shape index (κ1) is 16.5. The monoisotopic (exact) mass is 316 g/mol. The molecule has 1 aromatic rings. The number of hydrogen-bond donors (Lipinski definition) is 2. The molecular weight excluding hydrogens is 288 g/mol. The molecule has 2 N–H and O–H groups in total. The van der Waals surface area contributed by atoms with Crippen molar-refractivity contribution in [3.05, 3.63) is 35.4 Å². The molecule has 23 heavy (non-hydrogen) atoms. The maximum atomic E-state index is 12.6. The Kier molecular flexibility index (Phi) is 5.68. The van der Waals surface area contributed by atoms with Crippen molar-refractivity contribution in [2.24, 2.45) is 5.92 Å². The van der Waals surface area contributed by atoms with E-state index >= 15 is 0 Å². The number of hydrogen-bond acceptors (Lipinski definition) is 3. The number of rotatable bonds is 5. The van der Waals surface area contributed by atoms with E-state index in [0.29, 0.717) is 0 Å². The largest absolute Gasteiger partial charge is 0.396 e. The molecule has 2 aliphatic rings. The average Bonchev–Trinajstić information content (AvgIpc) is 3.08. The minimum Gasteiger partial charge on any atom is -0.396 e. The lowest BCUT2D eigenvalue weighted by atomic mass is 9.85. The third-order valence-electron chi connectivity index (χ3n) is 5.25. The highest BCUT2D eigenvalue weighted by Gasteiger charge is 2.26. The molecule has 1 aliphatic carbocycles. The van der Waals surface area contributed by atoms with Gasteiger partial charge in [0.1, 0.15) is 0 Å². The van der Waals surface area contributed by atoms with Crippen LogP contribution in [0.1, 0.15) is 54.4 Å². The highest BCUT2D eigenvalue weighted by atomic mass is 16.3. The maximum absolute atomic E-state index is 12.6. The number of nitrogens with zero attached hydrogens (tertiary/aromatic N) is 1. The van der Waals surface area contributed by atoms with Crippen LogP contribution in [0.15, 0.2) is 24.3 Å². The SMILES string of the molecule is O=C(NC1CCCCC1CO)c1cccc(CN2CCCC2)c1. The van der Waals surface area contributed by atoms with Crippen molar-refractivity contribution >= 4 is 5.91 Å². The molecule has 126 valence electrons. The summed E-state index contributed by atoms with van der Waals surface area (Å²) in [7, 11) is 0. The molecule has 1 saturated carbocycles. The Bertz CT molecular complexity index is 526. The number of aliphatic hydroxyl groups excluding tert-OH is 1. The van der Waals surface area contributed by atoms with E-state index in [4.69, 9.17) is 0 Å². The van der Waals surface area contributed by atoms with Crippen molar-refractivity contribution < 1.29 is 9.90 Å². The molecule has 1 saturated heterocycles. The van der Waals surface area contributed by atoms with Gasteiger partial charge in [-0.25, -0.2) is 0 Å². The van der Waals surface area contributed by atoms with Crippen LogP contribution in [0.5, 0.6) is 0 Å². The second kappa shape index (κ2) is 7.93. The fourth-order valence-corrected chi connectivity index (χ4v) is 3.88. The zero-order valence-corrected chi connectivity index (χ0v) is 13.8. The molecule has 4 heteroatoms. The van der Waals surface area contributed by atoms with E-state index in [2.05, 4.69) is 16.3 Å². The summed E-state index contributed by atoms with van der Waals surface area (Å²) in [5, 5.41) is 12.6. The third-order valence-corrected chi connectivity index (χ3v) is 5.25.